The van der Waals surface area contributed by atoms with E-state index in [4.69, 9.17) is 12.2 Å². The van der Waals surface area contributed by atoms with Crippen molar-refractivity contribution in [2.75, 3.05) is 0 Å². The monoisotopic (exact) mass is 272 g/mol. The Balaban J connectivity index is 2.38. The van der Waals surface area contributed by atoms with E-state index >= 15 is 0 Å². The number of H-pyrrole nitrogens is 1. The van der Waals surface area contributed by atoms with Crippen molar-refractivity contribution in [2.24, 2.45) is 5.10 Å². The molecular formula is C10H7F3N4S. The predicted octanol–water partition coefficient (Wildman–Crippen LogP) is 2.90. The minimum absolute atomic E-state index is 0.0853. The van der Waals surface area contributed by atoms with Crippen LogP contribution in [0.4, 0.5) is 13.2 Å². The summed E-state index contributed by atoms with van der Waals surface area (Å²) in [6, 6.07) is 5.82. The Morgan fingerprint density at radius 1 is 1.39 bits per heavy atom. The molecule has 0 aliphatic rings. The average Bonchev–Trinajstić information content (AvgIpc) is 2.70. The fourth-order valence-corrected chi connectivity index (χ4v) is 1.44. The van der Waals surface area contributed by atoms with E-state index in [9.17, 15) is 13.2 Å². The lowest BCUT2D eigenvalue weighted by Gasteiger charge is -1.99. The van der Waals surface area contributed by atoms with Crippen molar-refractivity contribution in [1.82, 2.24) is 14.9 Å². The molecule has 0 unspecified atom stereocenters. The molecule has 0 amide bonds. The van der Waals surface area contributed by atoms with Crippen molar-refractivity contribution < 1.29 is 13.2 Å². The predicted molar refractivity (Wildman–Crippen MR) is 61.8 cm³/mol. The number of hydrogen-bond acceptors (Lipinski definition) is 3. The van der Waals surface area contributed by atoms with E-state index in [1.165, 1.54) is 18.2 Å². The third-order valence-corrected chi connectivity index (χ3v) is 2.35. The Morgan fingerprint density at radius 3 is 2.78 bits per heavy atom. The van der Waals surface area contributed by atoms with Crippen LogP contribution in [0.5, 0.6) is 0 Å². The molecule has 4 nitrogen and oxygen atoms in total. The smallest absolute Gasteiger partial charge is 0.250 e. The zero-order chi connectivity index (χ0) is 13.1. The van der Waals surface area contributed by atoms with E-state index < -0.39 is 18.1 Å². The second kappa shape index (κ2) is 5.13. The lowest BCUT2D eigenvalue weighted by atomic mass is 10.2. The maximum Gasteiger partial charge on any atom is 0.299 e. The summed E-state index contributed by atoms with van der Waals surface area (Å²) >= 11 is 4.74. The Kier molecular flexibility index (Phi) is 3.56. The summed E-state index contributed by atoms with van der Waals surface area (Å²) in [5.41, 5.74) is 0.167. The van der Waals surface area contributed by atoms with Gasteiger partial charge in [-0.2, -0.15) is 14.9 Å². The average molecular weight is 272 g/mol. The number of alkyl halides is 2. The molecule has 0 radical (unpaired) electrons. The van der Waals surface area contributed by atoms with Crippen LogP contribution >= 0.6 is 12.2 Å². The highest BCUT2D eigenvalue weighted by Gasteiger charge is 2.15. The van der Waals surface area contributed by atoms with Gasteiger partial charge in [-0.1, -0.05) is 18.2 Å². The molecule has 0 aliphatic heterocycles. The van der Waals surface area contributed by atoms with E-state index in [0.29, 0.717) is 0 Å². The topological polar surface area (TPSA) is 46.0 Å². The van der Waals surface area contributed by atoms with Crippen LogP contribution in [-0.4, -0.2) is 21.1 Å². The van der Waals surface area contributed by atoms with Crippen LogP contribution in [0.25, 0.3) is 0 Å². The van der Waals surface area contributed by atoms with Crippen LogP contribution in [0.1, 0.15) is 17.8 Å². The zero-order valence-electron chi connectivity index (χ0n) is 8.85. The van der Waals surface area contributed by atoms with Gasteiger partial charge >= 0.3 is 0 Å². The number of benzene rings is 1. The molecule has 0 saturated carbocycles. The molecule has 0 atom stereocenters. The van der Waals surface area contributed by atoms with Crippen molar-refractivity contribution in [3.8, 4) is 0 Å². The largest absolute Gasteiger partial charge is 0.299 e. The zero-order valence-corrected chi connectivity index (χ0v) is 9.66. The van der Waals surface area contributed by atoms with Gasteiger partial charge in [-0.3, -0.25) is 0 Å². The number of nitrogens with zero attached hydrogens (tertiary/aromatic N) is 3. The summed E-state index contributed by atoms with van der Waals surface area (Å²) in [4.78, 5) is 0. The van der Waals surface area contributed by atoms with Gasteiger partial charge in [-0.25, -0.2) is 18.3 Å². The van der Waals surface area contributed by atoms with Crippen LogP contribution < -0.4 is 0 Å². The van der Waals surface area contributed by atoms with Gasteiger partial charge in [-0.15, -0.1) is 0 Å². The first-order valence-corrected chi connectivity index (χ1v) is 5.25. The first-order valence-electron chi connectivity index (χ1n) is 4.84. The SMILES string of the molecule is Fc1ccccc1C=Nn1c(C(F)F)n[nH]c1=S. The van der Waals surface area contributed by atoms with Gasteiger partial charge in [0.25, 0.3) is 6.43 Å². The van der Waals surface area contributed by atoms with Gasteiger partial charge < -0.3 is 0 Å². The summed E-state index contributed by atoms with van der Waals surface area (Å²) < 4.78 is 39.0. The molecule has 94 valence electrons. The maximum absolute atomic E-state index is 13.3. The first-order chi connectivity index (χ1) is 8.59. The second-order valence-electron chi connectivity index (χ2n) is 3.27. The van der Waals surface area contributed by atoms with Crippen molar-refractivity contribution in [3.05, 3.63) is 46.2 Å². The highest BCUT2D eigenvalue weighted by molar-refractivity contribution is 7.71. The molecule has 1 heterocycles. The lowest BCUT2D eigenvalue weighted by molar-refractivity contribution is 0.136. The molecule has 8 heteroatoms. The van der Waals surface area contributed by atoms with E-state index in [1.807, 2.05) is 0 Å². The number of rotatable bonds is 3. The standard InChI is InChI=1S/C10H7F3N4S/c11-7-4-2-1-3-6(7)5-14-17-9(8(12)13)15-16-10(17)18/h1-5,8H,(H,16,18). The lowest BCUT2D eigenvalue weighted by Crippen LogP contribution is -2.00. The molecule has 2 aromatic rings. The second-order valence-corrected chi connectivity index (χ2v) is 3.65. The number of nitrogens with one attached hydrogen (secondary N) is 1. The normalized spacial score (nSPS) is 11.6. The first kappa shape index (κ1) is 12.5. The van der Waals surface area contributed by atoms with Gasteiger partial charge in [-0.05, 0) is 18.3 Å². The van der Waals surface area contributed by atoms with Crippen LogP contribution in [0.15, 0.2) is 29.4 Å². The molecule has 18 heavy (non-hydrogen) atoms. The third-order valence-electron chi connectivity index (χ3n) is 2.09. The van der Waals surface area contributed by atoms with Crippen LogP contribution in [0, 0.1) is 10.6 Å². The van der Waals surface area contributed by atoms with E-state index in [-0.39, 0.29) is 10.3 Å². The highest BCUT2D eigenvalue weighted by atomic mass is 32.1. The van der Waals surface area contributed by atoms with Crippen LogP contribution in [0.3, 0.4) is 0 Å². The summed E-state index contributed by atoms with van der Waals surface area (Å²) in [5, 5.41) is 9.23. The fraction of sp³-hybridized carbons (Fsp3) is 0.100. The number of halogens is 3. The molecule has 2 rings (SSSR count). The Hall–Kier alpha value is -1.96. The van der Waals surface area contributed by atoms with Gasteiger partial charge in [0, 0.05) is 5.56 Å². The van der Waals surface area contributed by atoms with Gasteiger partial charge in [0.2, 0.25) is 10.6 Å². The van der Waals surface area contributed by atoms with E-state index in [0.717, 1.165) is 10.9 Å². The van der Waals surface area contributed by atoms with E-state index in [1.54, 1.807) is 6.07 Å². The molecule has 1 aromatic carbocycles. The molecule has 0 bridgehead atoms. The molecule has 0 aliphatic carbocycles. The minimum atomic E-state index is -2.82. The molecular weight excluding hydrogens is 265 g/mol. The van der Waals surface area contributed by atoms with Crippen LogP contribution in [0.2, 0.25) is 0 Å². The van der Waals surface area contributed by atoms with Gasteiger partial charge in [0.15, 0.2) is 0 Å². The summed E-state index contributed by atoms with van der Waals surface area (Å²) in [5.74, 6) is -1.12. The van der Waals surface area contributed by atoms with Gasteiger partial charge in [0.1, 0.15) is 5.82 Å². The minimum Gasteiger partial charge on any atom is -0.250 e. The molecule has 0 fully saturated rings. The van der Waals surface area contributed by atoms with Crippen molar-refractivity contribution in [3.63, 3.8) is 0 Å². The van der Waals surface area contributed by atoms with Crippen molar-refractivity contribution >= 4 is 18.4 Å². The molecule has 0 saturated heterocycles. The third kappa shape index (κ3) is 2.48. The molecule has 1 aromatic heterocycles. The van der Waals surface area contributed by atoms with Crippen molar-refractivity contribution in [1.29, 1.82) is 0 Å². The number of aromatic nitrogens is 3. The summed E-state index contributed by atoms with van der Waals surface area (Å²) in [6.45, 7) is 0. The van der Waals surface area contributed by atoms with Crippen molar-refractivity contribution in [2.45, 2.75) is 6.43 Å². The quantitative estimate of drug-likeness (QED) is 0.689. The highest BCUT2D eigenvalue weighted by Crippen LogP contribution is 2.16. The molecule has 0 spiro atoms. The summed E-state index contributed by atoms with van der Waals surface area (Å²) in [6.07, 6.45) is -1.72. The molecule has 1 N–H and O–H groups in total. The Labute approximate surface area is 105 Å². The van der Waals surface area contributed by atoms with Gasteiger partial charge in [0.05, 0.1) is 6.21 Å². The Morgan fingerprint density at radius 2 is 2.11 bits per heavy atom. The summed E-state index contributed by atoms with van der Waals surface area (Å²) in [7, 11) is 0. The fourth-order valence-electron chi connectivity index (χ4n) is 1.26. The van der Waals surface area contributed by atoms with E-state index in [2.05, 4.69) is 15.3 Å². The van der Waals surface area contributed by atoms with Crippen LogP contribution in [-0.2, 0) is 0 Å². The maximum atomic E-state index is 13.3. The Bertz CT molecular complexity index is 632. The number of aromatic amines is 1. The number of hydrogen-bond donors (Lipinski definition) is 1.